The van der Waals surface area contributed by atoms with Gasteiger partial charge in [0.2, 0.25) is 11.8 Å². The van der Waals surface area contributed by atoms with Gasteiger partial charge < -0.3 is 5.73 Å². The van der Waals surface area contributed by atoms with Crippen LogP contribution in [0.2, 0.25) is 0 Å². The van der Waals surface area contributed by atoms with Crippen LogP contribution < -0.4 is 5.73 Å². The molecule has 2 rings (SSSR count). The van der Waals surface area contributed by atoms with Crippen LogP contribution in [0.1, 0.15) is 13.3 Å². The zero-order chi connectivity index (χ0) is 8.88. The van der Waals surface area contributed by atoms with E-state index in [0.717, 1.165) is 6.42 Å². The average molecular weight is 168 g/mol. The maximum absolute atomic E-state index is 11.3. The van der Waals surface area contributed by atoms with Gasteiger partial charge in [-0.3, -0.25) is 14.5 Å². The van der Waals surface area contributed by atoms with E-state index in [4.69, 9.17) is 5.73 Å². The van der Waals surface area contributed by atoms with Crippen molar-refractivity contribution in [3.63, 3.8) is 0 Å². The highest BCUT2D eigenvalue weighted by molar-refractivity contribution is 6.08. The molecule has 1 saturated heterocycles. The first-order valence-electron chi connectivity index (χ1n) is 4.22. The number of likely N-dealkylation sites (tertiary alicyclic amines) is 1. The Balaban J connectivity index is 2.07. The minimum atomic E-state index is -0.115. The molecule has 0 spiro atoms. The topological polar surface area (TPSA) is 63.4 Å². The highest BCUT2D eigenvalue weighted by Gasteiger charge is 2.58. The van der Waals surface area contributed by atoms with Gasteiger partial charge in [0.25, 0.3) is 0 Å². The molecule has 0 aromatic heterocycles. The first-order valence-corrected chi connectivity index (χ1v) is 4.22. The van der Waals surface area contributed by atoms with Crippen LogP contribution in [-0.2, 0) is 9.59 Å². The summed E-state index contributed by atoms with van der Waals surface area (Å²) in [5, 5.41) is 0. The molecule has 2 aliphatic rings. The molecule has 3 atom stereocenters. The van der Waals surface area contributed by atoms with Crippen LogP contribution in [0.3, 0.4) is 0 Å². The van der Waals surface area contributed by atoms with Crippen LogP contribution in [-0.4, -0.2) is 29.3 Å². The number of carbonyl (C=O) groups excluding carboxylic acids is 2. The van der Waals surface area contributed by atoms with Gasteiger partial charge in [-0.05, 0) is 13.3 Å². The van der Waals surface area contributed by atoms with Crippen LogP contribution in [0.25, 0.3) is 0 Å². The third-order valence-corrected chi connectivity index (χ3v) is 2.43. The number of hydrogen-bond acceptors (Lipinski definition) is 3. The molecule has 1 aliphatic heterocycles. The van der Waals surface area contributed by atoms with Gasteiger partial charge in [-0.2, -0.15) is 0 Å². The third-order valence-electron chi connectivity index (χ3n) is 2.43. The van der Waals surface area contributed by atoms with Gasteiger partial charge >= 0.3 is 0 Å². The average Bonchev–Trinajstić information content (AvgIpc) is 2.71. The lowest BCUT2D eigenvalue weighted by molar-refractivity contribution is -0.141. The smallest absolute Gasteiger partial charge is 0.233 e. The molecule has 3 unspecified atom stereocenters. The highest BCUT2D eigenvalue weighted by atomic mass is 16.2. The van der Waals surface area contributed by atoms with Gasteiger partial charge in [0.15, 0.2) is 0 Å². The molecular formula is C8H12N2O2. The Hall–Kier alpha value is -0.900. The van der Waals surface area contributed by atoms with E-state index in [1.807, 2.05) is 0 Å². The van der Waals surface area contributed by atoms with Crippen molar-refractivity contribution in [1.82, 2.24) is 4.90 Å². The largest absolute Gasteiger partial charge is 0.326 e. The van der Waals surface area contributed by atoms with Gasteiger partial charge in [-0.15, -0.1) is 0 Å². The summed E-state index contributed by atoms with van der Waals surface area (Å²) in [6.45, 7) is 2.18. The van der Waals surface area contributed by atoms with E-state index >= 15 is 0 Å². The molecule has 2 amide bonds. The lowest BCUT2D eigenvalue weighted by Crippen LogP contribution is -2.41. The standard InChI is InChI=1S/C8H12N2O2/c1-4(9)3-10-7(11)5-2-6(5)8(10)12/h4-6H,2-3,9H2,1H3. The Morgan fingerprint density at radius 1 is 1.50 bits per heavy atom. The van der Waals surface area contributed by atoms with Gasteiger partial charge in [0.1, 0.15) is 0 Å². The van der Waals surface area contributed by atoms with Crippen LogP contribution >= 0.6 is 0 Å². The fourth-order valence-electron chi connectivity index (χ4n) is 1.72. The summed E-state index contributed by atoms with van der Waals surface area (Å²) in [6, 6.07) is -0.115. The van der Waals surface area contributed by atoms with Crippen molar-refractivity contribution in [2.24, 2.45) is 17.6 Å². The lowest BCUT2D eigenvalue weighted by atomic mass is 10.3. The number of fused-ring (bicyclic) bond motifs is 1. The minimum Gasteiger partial charge on any atom is -0.326 e. The van der Waals surface area contributed by atoms with Gasteiger partial charge in [-0.25, -0.2) is 0 Å². The number of carbonyl (C=O) groups is 2. The van der Waals surface area contributed by atoms with Crippen LogP contribution in [0.15, 0.2) is 0 Å². The summed E-state index contributed by atoms with van der Waals surface area (Å²) in [6.07, 6.45) is 0.771. The molecule has 0 radical (unpaired) electrons. The second-order valence-corrected chi connectivity index (χ2v) is 3.71. The summed E-state index contributed by atoms with van der Waals surface area (Å²) in [4.78, 5) is 24.0. The number of amides is 2. The van der Waals surface area contributed by atoms with E-state index in [-0.39, 0.29) is 29.7 Å². The summed E-state index contributed by atoms with van der Waals surface area (Å²) in [5.74, 6) is -0.00269. The Labute approximate surface area is 70.7 Å². The molecular weight excluding hydrogens is 156 g/mol. The molecule has 1 saturated carbocycles. The number of nitrogens with zero attached hydrogens (tertiary/aromatic N) is 1. The van der Waals surface area contributed by atoms with Crippen molar-refractivity contribution in [1.29, 1.82) is 0 Å². The van der Waals surface area contributed by atoms with Crippen LogP contribution in [0.5, 0.6) is 0 Å². The Morgan fingerprint density at radius 3 is 2.42 bits per heavy atom. The van der Waals surface area contributed by atoms with E-state index in [0.29, 0.717) is 6.54 Å². The van der Waals surface area contributed by atoms with Crippen molar-refractivity contribution in [3.05, 3.63) is 0 Å². The van der Waals surface area contributed by atoms with E-state index in [1.54, 1.807) is 6.92 Å². The van der Waals surface area contributed by atoms with E-state index < -0.39 is 0 Å². The predicted octanol–water partition coefficient (Wildman–Crippen LogP) is -0.662. The fraction of sp³-hybridized carbons (Fsp3) is 0.750. The van der Waals surface area contributed by atoms with E-state index in [2.05, 4.69) is 0 Å². The van der Waals surface area contributed by atoms with Crippen molar-refractivity contribution >= 4 is 11.8 Å². The number of rotatable bonds is 2. The third kappa shape index (κ3) is 0.948. The minimum absolute atomic E-state index is 0.0104. The molecule has 2 N–H and O–H groups in total. The lowest BCUT2D eigenvalue weighted by Gasteiger charge is -2.18. The normalized spacial score (nSPS) is 35.3. The fourth-order valence-corrected chi connectivity index (χ4v) is 1.72. The van der Waals surface area contributed by atoms with Crippen molar-refractivity contribution in [3.8, 4) is 0 Å². The van der Waals surface area contributed by atoms with Gasteiger partial charge in [-0.1, -0.05) is 0 Å². The number of hydrogen-bond donors (Lipinski definition) is 1. The zero-order valence-corrected chi connectivity index (χ0v) is 6.99. The molecule has 12 heavy (non-hydrogen) atoms. The summed E-state index contributed by atoms with van der Waals surface area (Å²) >= 11 is 0. The van der Waals surface area contributed by atoms with E-state index in [1.165, 1.54) is 4.90 Å². The summed E-state index contributed by atoms with van der Waals surface area (Å²) in [5.41, 5.74) is 5.51. The van der Waals surface area contributed by atoms with Crippen molar-refractivity contribution < 1.29 is 9.59 Å². The number of piperidine rings is 1. The van der Waals surface area contributed by atoms with Gasteiger partial charge in [0.05, 0.1) is 11.8 Å². The second-order valence-electron chi connectivity index (χ2n) is 3.71. The number of nitrogens with two attached hydrogens (primary N) is 1. The molecule has 1 aliphatic carbocycles. The molecule has 0 aromatic rings. The van der Waals surface area contributed by atoms with Gasteiger partial charge in [0, 0.05) is 12.6 Å². The zero-order valence-electron chi connectivity index (χ0n) is 6.99. The SMILES string of the molecule is CC(N)CN1C(=O)C2CC2C1=O. The van der Waals surface area contributed by atoms with Crippen LogP contribution in [0, 0.1) is 11.8 Å². The monoisotopic (exact) mass is 168 g/mol. The number of imide groups is 1. The summed E-state index contributed by atoms with van der Waals surface area (Å²) < 4.78 is 0. The van der Waals surface area contributed by atoms with Crippen molar-refractivity contribution in [2.45, 2.75) is 19.4 Å². The molecule has 0 bridgehead atoms. The van der Waals surface area contributed by atoms with E-state index in [9.17, 15) is 9.59 Å². The molecule has 66 valence electrons. The molecule has 1 heterocycles. The second kappa shape index (κ2) is 2.29. The van der Waals surface area contributed by atoms with Crippen molar-refractivity contribution in [2.75, 3.05) is 6.54 Å². The highest BCUT2D eigenvalue weighted by Crippen LogP contribution is 2.46. The Bertz CT molecular complexity index is 229. The first-order chi connectivity index (χ1) is 5.61. The maximum Gasteiger partial charge on any atom is 0.233 e. The maximum atomic E-state index is 11.3. The Kier molecular flexibility index (Phi) is 1.48. The van der Waals surface area contributed by atoms with Crippen LogP contribution in [0.4, 0.5) is 0 Å². The molecule has 2 fully saturated rings. The summed E-state index contributed by atoms with van der Waals surface area (Å²) in [7, 11) is 0. The molecule has 0 aromatic carbocycles. The molecule has 4 heteroatoms. The molecule has 4 nitrogen and oxygen atoms in total. The first kappa shape index (κ1) is 7.73. The Morgan fingerprint density at radius 2 is 2.00 bits per heavy atom. The quantitative estimate of drug-likeness (QED) is 0.557. The predicted molar refractivity (Wildman–Crippen MR) is 42.0 cm³/mol.